The van der Waals surface area contributed by atoms with E-state index in [1.54, 1.807) is 29.3 Å². The van der Waals surface area contributed by atoms with Crippen LogP contribution in [-0.2, 0) is 0 Å². The summed E-state index contributed by atoms with van der Waals surface area (Å²) in [5.41, 5.74) is 1.33. The third-order valence-corrected chi connectivity index (χ3v) is 3.12. The highest BCUT2D eigenvalue weighted by atomic mass is 79.9. The zero-order valence-electron chi connectivity index (χ0n) is 10.4. The van der Waals surface area contributed by atoms with Crippen molar-refractivity contribution < 1.29 is 4.79 Å². The minimum atomic E-state index is -0.00699. The molecule has 0 radical (unpaired) electrons. The summed E-state index contributed by atoms with van der Waals surface area (Å²) in [6.07, 6.45) is 6.64. The molecule has 0 aliphatic rings. The number of aromatic nitrogens is 3. The molecule has 0 N–H and O–H groups in total. The van der Waals surface area contributed by atoms with Crippen LogP contribution in [0, 0.1) is 0 Å². The molecule has 6 heteroatoms. The minimum Gasteiger partial charge on any atom is -0.335 e. The summed E-state index contributed by atoms with van der Waals surface area (Å²) in [4.78, 5) is 18.3. The van der Waals surface area contributed by atoms with Crippen molar-refractivity contribution in [1.82, 2.24) is 19.5 Å². The van der Waals surface area contributed by atoms with E-state index in [4.69, 9.17) is 0 Å². The summed E-state index contributed by atoms with van der Waals surface area (Å²) in [6, 6.07) is 0.154. The zero-order chi connectivity index (χ0) is 13.1. The smallest absolute Gasteiger partial charge is 0.258 e. The van der Waals surface area contributed by atoms with Crippen LogP contribution in [0.3, 0.4) is 0 Å². The van der Waals surface area contributed by atoms with Crippen LogP contribution in [0.5, 0.6) is 0 Å². The van der Waals surface area contributed by atoms with Gasteiger partial charge >= 0.3 is 0 Å². The molecule has 0 spiro atoms. The summed E-state index contributed by atoms with van der Waals surface area (Å²) in [7, 11) is 0. The maximum absolute atomic E-state index is 12.5. The van der Waals surface area contributed by atoms with Gasteiger partial charge in [0.05, 0.1) is 23.5 Å². The Bertz CT molecular complexity index is 552. The van der Waals surface area contributed by atoms with Crippen molar-refractivity contribution in [2.45, 2.75) is 19.9 Å². The van der Waals surface area contributed by atoms with Crippen molar-refractivity contribution in [3.8, 4) is 0 Å². The largest absolute Gasteiger partial charge is 0.335 e. The number of rotatable bonds is 4. The summed E-state index contributed by atoms with van der Waals surface area (Å²) in [5.74, 6) is -0.00699. The van der Waals surface area contributed by atoms with E-state index in [2.05, 4.69) is 26.0 Å². The highest BCUT2D eigenvalue weighted by Crippen LogP contribution is 2.14. The van der Waals surface area contributed by atoms with Crippen LogP contribution in [0.2, 0.25) is 0 Å². The monoisotopic (exact) mass is 310 g/mol. The normalized spacial score (nSPS) is 11.1. The van der Waals surface area contributed by atoms with Gasteiger partial charge in [0, 0.05) is 30.3 Å². The van der Waals surface area contributed by atoms with E-state index in [0.29, 0.717) is 12.1 Å². The van der Waals surface area contributed by atoms with Gasteiger partial charge in [-0.1, -0.05) is 15.9 Å². The Hall–Kier alpha value is -1.43. The lowest BCUT2D eigenvalue weighted by atomic mass is 10.2. The van der Waals surface area contributed by atoms with E-state index >= 15 is 0 Å². The first-order chi connectivity index (χ1) is 8.65. The summed E-state index contributed by atoms with van der Waals surface area (Å²) in [5, 5.41) is 4.92. The van der Waals surface area contributed by atoms with Crippen molar-refractivity contribution in [3.05, 3.63) is 30.4 Å². The van der Waals surface area contributed by atoms with Crippen molar-refractivity contribution in [1.29, 1.82) is 0 Å². The Kier molecular flexibility index (Phi) is 3.96. The highest BCUT2D eigenvalue weighted by molar-refractivity contribution is 9.09. The lowest BCUT2D eigenvalue weighted by Gasteiger charge is -2.25. The fourth-order valence-electron chi connectivity index (χ4n) is 1.84. The Morgan fingerprint density at radius 3 is 2.94 bits per heavy atom. The van der Waals surface area contributed by atoms with Crippen LogP contribution in [0.15, 0.2) is 24.8 Å². The van der Waals surface area contributed by atoms with Crippen molar-refractivity contribution in [3.63, 3.8) is 0 Å². The van der Waals surface area contributed by atoms with Gasteiger partial charge in [0.2, 0.25) is 0 Å². The lowest BCUT2D eigenvalue weighted by Crippen LogP contribution is -2.38. The van der Waals surface area contributed by atoms with E-state index < -0.39 is 0 Å². The van der Waals surface area contributed by atoms with Gasteiger partial charge in [-0.05, 0) is 13.8 Å². The van der Waals surface area contributed by atoms with Gasteiger partial charge in [-0.3, -0.25) is 9.78 Å². The molecule has 2 aromatic heterocycles. The van der Waals surface area contributed by atoms with E-state index in [9.17, 15) is 4.79 Å². The molecule has 2 aromatic rings. The Labute approximate surface area is 114 Å². The van der Waals surface area contributed by atoms with Crippen LogP contribution >= 0.6 is 15.9 Å². The Balaban J connectivity index is 2.38. The molecule has 5 nitrogen and oxygen atoms in total. The number of fused-ring (bicyclic) bond motifs is 1. The maximum atomic E-state index is 12.5. The fraction of sp³-hybridized carbons (Fsp3) is 0.417. The minimum absolute atomic E-state index is 0.00699. The molecule has 0 aromatic carbocycles. The molecule has 96 valence electrons. The van der Waals surface area contributed by atoms with E-state index in [0.717, 1.165) is 10.8 Å². The number of halogens is 1. The molecule has 0 unspecified atom stereocenters. The van der Waals surface area contributed by atoms with E-state index in [1.807, 2.05) is 18.7 Å². The number of hydrogen-bond donors (Lipinski definition) is 0. The van der Waals surface area contributed by atoms with Crippen molar-refractivity contribution in [2.75, 3.05) is 11.9 Å². The molecule has 0 bridgehead atoms. The SMILES string of the molecule is CC(C)N(CCBr)C(=O)c1cnn2ccncc12. The first-order valence-electron chi connectivity index (χ1n) is 5.79. The van der Waals surface area contributed by atoms with Crippen LogP contribution in [0.1, 0.15) is 24.2 Å². The lowest BCUT2D eigenvalue weighted by molar-refractivity contribution is 0.0721. The van der Waals surface area contributed by atoms with Gasteiger partial charge in [0.25, 0.3) is 5.91 Å². The molecule has 0 aliphatic heterocycles. The third kappa shape index (κ3) is 2.38. The second-order valence-corrected chi connectivity index (χ2v) is 5.04. The predicted octanol–water partition coefficient (Wildman–Crippen LogP) is 1.97. The number of alkyl halides is 1. The maximum Gasteiger partial charge on any atom is 0.258 e. The molecule has 18 heavy (non-hydrogen) atoms. The third-order valence-electron chi connectivity index (χ3n) is 2.76. The molecule has 1 amide bonds. The second-order valence-electron chi connectivity index (χ2n) is 4.25. The summed E-state index contributed by atoms with van der Waals surface area (Å²) < 4.78 is 1.66. The first-order valence-corrected chi connectivity index (χ1v) is 6.91. The van der Waals surface area contributed by atoms with E-state index in [-0.39, 0.29) is 11.9 Å². The summed E-state index contributed by atoms with van der Waals surface area (Å²) >= 11 is 3.37. The average molecular weight is 311 g/mol. The average Bonchev–Trinajstić information content (AvgIpc) is 2.78. The number of hydrogen-bond acceptors (Lipinski definition) is 3. The number of carbonyl (C=O) groups is 1. The number of carbonyl (C=O) groups excluding carboxylic acids is 1. The topological polar surface area (TPSA) is 50.5 Å². The van der Waals surface area contributed by atoms with Crippen LogP contribution in [-0.4, -0.2) is 43.3 Å². The number of amides is 1. The van der Waals surface area contributed by atoms with Crippen LogP contribution in [0.4, 0.5) is 0 Å². The van der Waals surface area contributed by atoms with Gasteiger partial charge in [-0.2, -0.15) is 5.10 Å². The molecule has 0 fully saturated rings. The Morgan fingerprint density at radius 1 is 1.50 bits per heavy atom. The number of nitrogens with zero attached hydrogens (tertiary/aromatic N) is 4. The van der Waals surface area contributed by atoms with E-state index in [1.165, 1.54) is 0 Å². The Morgan fingerprint density at radius 2 is 2.28 bits per heavy atom. The molecule has 0 atom stereocenters. The van der Waals surface area contributed by atoms with Crippen molar-refractivity contribution >= 4 is 27.4 Å². The van der Waals surface area contributed by atoms with Gasteiger partial charge in [0.15, 0.2) is 0 Å². The molecular formula is C12H15BrN4O. The van der Waals surface area contributed by atoms with Gasteiger partial charge in [-0.25, -0.2) is 4.52 Å². The van der Waals surface area contributed by atoms with Gasteiger partial charge in [-0.15, -0.1) is 0 Å². The standard InChI is InChI=1S/C12H15BrN4O/c1-9(2)16(5-3-13)12(18)10-7-15-17-6-4-14-8-11(10)17/h4,6-9H,3,5H2,1-2H3. The zero-order valence-corrected chi connectivity index (χ0v) is 12.0. The highest BCUT2D eigenvalue weighted by Gasteiger charge is 2.21. The molecule has 2 heterocycles. The molecular weight excluding hydrogens is 296 g/mol. The van der Waals surface area contributed by atoms with Crippen LogP contribution in [0.25, 0.3) is 5.52 Å². The van der Waals surface area contributed by atoms with Gasteiger partial charge < -0.3 is 4.90 Å². The van der Waals surface area contributed by atoms with Crippen LogP contribution < -0.4 is 0 Å². The summed E-state index contributed by atoms with van der Waals surface area (Å²) in [6.45, 7) is 4.68. The fourth-order valence-corrected chi connectivity index (χ4v) is 2.22. The van der Waals surface area contributed by atoms with Crippen molar-refractivity contribution in [2.24, 2.45) is 0 Å². The molecule has 0 aliphatic carbocycles. The predicted molar refractivity (Wildman–Crippen MR) is 73.0 cm³/mol. The molecule has 0 saturated carbocycles. The van der Waals surface area contributed by atoms with Gasteiger partial charge in [0.1, 0.15) is 0 Å². The molecule has 0 saturated heterocycles. The first kappa shape index (κ1) is 13.0. The molecule has 2 rings (SSSR count). The second kappa shape index (κ2) is 5.48. The quantitative estimate of drug-likeness (QED) is 0.811.